The first-order chi connectivity index (χ1) is 10.2. The second kappa shape index (κ2) is 7.22. The zero-order chi connectivity index (χ0) is 15.2. The lowest BCUT2D eigenvalue weighted by atomic mass is 9.97. The van der Waals surface area contributed by atoms with E-state index in [9.17, 15) is 0 Å². The number of pyridine rings is 1. The number of aryl methyl sites for hydroxylation is 2. The summed E-state index contributed by atoms with van der Waals surface area (Å²) in [6.45, 7) is 5.25. The normalized spacial score (nSPS) is 12.4. The van der Waals surface area contributed by atoms with Crippen molar-refractivity contribution in [3.05, 3.63) is 41.5 Å². The predicted octanol–water partition coefficient (Wildman–Crippen LogP) is 2.48. The molecule has 0 aliphatic carbocycles. The maximum Gasteiger partial charge on any atom is 0.161 e. The highest BCUT2D eigenvalue weighted by Gasteiger charge is 2.23. The smallest absolute Gasteiger partial charge is 0.161 e. The van der Waals surface area contributed by atoms with Crippen molar-refractivity contribution in [1.82, 2.24) is 20.1 Å². The van der Waals surface area contributed by atoms with Crippen LogP contribution in [0, 0.1) is 0 Å². The van der Waals surface area contributed by atoms with E-state index in [4.69, 9.17) is 4.74 Å². The van der Waals surface area contributed by atoms with Gasteiger partial charge in [0.05, 0.1) is 19.3 Å². The molecule has 1 unspecified atom stereocenters. The van der Waals surface area contributed by atoms with Crippen LogP contribution in [0.15, 0.2) is 24.7 Å². The number of rotatable bonds is 7. The molecule has 0 aliphatic rings. The third-order valence-corrected chi connectivity index (χ3v) is 3.67. The van der Waals surface area contributed by atoms with Crippen LogP contribution in [0.3, 0.4) is 0 Å². The Balaban J connectivity index is 2.50. The first-order valence-electron chi connectivity index (χ1n) is 7.44. The van der Waals surface area contributed by atoms with Gasteiger partial charge in [0.15, 0.2) is 5.75 Å². The topological polar surface area (TPSA) is 52.0 Å². The van der Waals surface area contributed by atoms with Gasteiger partial charge >= 0.3 is 0 Å². The lowest BCUT2D eigenvalue weighted by Crippen LogP contribution is -2.26. The summed E-state index contributed by atoms with van der Waals surface area (Å²) in [5, 5.41) is 7.94. The molecule has 0 amide bonds. The minimum atomic E-state index is 0.0605. The van der Waals surface area contributed by atoms with E-state index in [0.29, 0.717) is 0 Å². The monoisotopic (exact) mass is 288 g/mol. The van der Waals surface area contributed by atoms with Gasteiger partial charge in [-0.1, -0.05) is 13.8 Å². The minimum absolute atomic E-state index is 0.0605. The lowest BCUT2D eigenvalue weighted by molar-refractivity contribution is 0.400. The molecule has 0 fully saturated rings. The highest BCUT2D eigenvalue weighted by molar-refractivity contribution is 5.39. The number of aromatic nitrogens is 3. The van der Waals surface area contributed by atoms with Crippen LogP contribution in [0.5, 0.6) is 5.75 Å². The van der Waals surface area contributed by atoms with Crippen LogP contribution in [0.2, 0.25) is 0 Å². The summed E-state index contributed by atoms with van der Waals surface area (Å²) in [7, 11) is 3.63. The third-order valence-electron chi connectivity index (χ3n) is 3.67. The molecule has 5 nitrogen and oxygen atoms in total. The van der Waals surface area contributed by atoms with E-state index < -0.39 is 0 Å². The zero-order valence-corrected chi connectivity index (χ0v) is 13.3. The molecule has 0 radical (unpaired) electrons. The fraction of sp³-hybridized carbons (Fsp3) is 0.500. The van der Waals surface area contributed by atoms with Gasteiger partial charge < -0.3 is 10.1 Å². The molecule has 21 heavy (non-hydrogen) atoms. The van der Waals surface area contributed by atoms with Crippen molar-refractivity contribution < 1.29 is 4.74 Å². The summed E-state index contributed by atoms with van der Waals surface area (Å²) in [5.41, 5.74) is 3.53. The quantitative estimate of drug-likeness (QED) is 0.850. The van der Waals surface area contributed by atoms with Crippen molar-refractivity contribution in [3.8, 4) is 5.75 Å². The Bertz CT molecular complexity index is 579. The predicted molar refractivity (Wildman–Crippen MR) is 83.5 cm³/mol. The fourth-order valence-electron chi connectivity index (χ4n) is 2.57. The van der Waals surface area contributed by atoms with Gasteiger partial charge in [-0.25, -0.2) is 0 Å². The van der Waals surface area contributed by atoms with Crippen LogP contribution in [-0.2, 0) is 13.5 Å². The van der Waals surface area contributed by atoms with Gasteiger partial charge in [-0.3, -0.25) is 9.67 Å². The van der Waals surface area contributed by atoms with Crippen molar-refractivity contribution in [1.29, 1.82) is 0 Å². The van der Waals surface area contributed by atoms with Crippen LogP contribution >= 0.6 is 0 Å². The summed E-state index contributed by atoms with van der Waals surface area (Å²) in [6, 6.07) is 2.14. The van der Waals surface area contributed by atoms with Crippen molar-refractivity contribution >= 4 is 0 Å². The molecule has 2 rings (SSSR count). The van der Waals surface area contributed by atoms with Crippen molar-refractivity contribution in [2.45, 2.75) is 32.7 Å². The zero-order valence-electron chi connectivity index (χ0n) is 13.3. The van der Waals surface area contributed by atoms with Gasteiger partial charge in [0.2, 0.25) is 0 Å². The molecule has 0 aromatic carbocycles. The molecule has 5 heteroatoms. The van der Waals surface area contributed by atoms with Crippen LogP contribution < -0.4 is 10.1 Å². The first kappa shape index (κ1) is 15.5. The van der Waals surface area contributed by atoms with E-state index in [1.807, 2.05) is 24.1 Å². The number of hydrogen-bond acceptors (Lipinski definition) is 4. The Kier molecular flexibility index (Phi) is 5.33. The molecule has 2 aromatic heterocycles. The molecule has 1 N–H and O–H groups in total. The molecule has 0 aliphatic heterocycles. The fourth-order valence-corrected chi connectivity index (χ4v) is 2.57. The van der Waals surface area contributed by atoms with E-state index >= 15 is 0 Å². The molecular weight excluding hydrogens is 264 g/mol. The molecule has 0 saturated heterocycles. The summed E-state index contributed by atoms with van der Waals surface area (Å²) in [6.07, 6.45) is 7.58. The van der Waals surface area contributed by atoms with E-state index in [2.05, 4.69) is 35.3 Å². The summed E-state index contributed by atoms with van der Waals surface area (Å²) >= 11 is 0. The second-order valence-corrected chi connectivity index (χ2v) is 5.04. The van der Waals surface area contributed by atoms with Crippen molar-refractivity contribution in [2.75, 3.05) is 13.7 Å². The largest absolute Gasteiger partial charge is 0.493 e. The van der Waals surface area contributed by atoms with Crippen LogP contribution in [0.25, 0.3) is 0 Å². The molecule has 0 saturated carbocycles. The lowest BCUT2D eigenvalue weighted by Gasteiger charge is -2.22. The van der Waals surface area contributed by atoms with Gasteiger partial charge in [-0.2, -0.15) is 5.10 Å². The number of ether oxygens (including phenoxy) is 1. The number of hydrogen-bond donors (Lipinski definition) is 1. The van der Waals surface area contributed by atoms with Crippen molar-refractivity contribution in [3.63, 3.8) is 0 Å². The molecule has 0 spiro atoms. The Labute approximate surface area is 126 Å². The van der Waals surface area contributed by atoms with Gasteiger partial charge in [-0.05, 0) is 36.6 Å². The number of nitrogens with one attached hydrogen (secondary N) is 1. The van der Waals surface area contributed by atoms with Crippen LogP contribution in [-0.4, -0.2) is 28.4 Å². The Hall–Kier alpha value is -1.88. The second-order valence-electron chi connectivity index (χ2n) is 5.04. The summed E-state index contributed by atoms with van der Waals surface area (Å²) in [4.78, 5) is 4.24. The Morgan fingerprint density at radius 2 is 2.14 bits per heavy atom. The van der Waals surface area contributed by atoms with E-state index in [-0.39, 0.29) is 6.04 Å². The van der Waals surface area contributed by atoms with Gasteiger partial charge in [0.25, 0.3) is 0 Å². The number of methoxy groups -OCH3 is 1. The van der Waals surface area contributed by atoms with E-state index in [1.54, 1.807) is 13.3 Å². The summed E-state index contributed by atoms with van der Waals surface area (Å²) in [5.74, 6) is 0.810. The average Bonchev–Trinajstić information content (AvgIpc) is 2.89. The summed E-state index contributed by atoms with van der Waals surface area (Å²) < 4.78 is 7.36. The van der Waals surface area contributed by atoms with Gasteiger partial charge in [0, 0.05) is 19.4 Å². The van der Waals surface area contributed by atoms with Crippen LogP contribution in [0.1, 0.15) is 43.1 Å². The molecule has 2 heterocycles. The first-order valence-corrected chi connectivity index (χ1v) is 7.44. The van der Waals surface area contributed by atoms with Crippen LogP contribution in [0.4, 0.5) is 0 Å². The Morgan fingerprint density at radius 3 is 2.81 bits per heavy atom. The third kappa shape index (κ3) is 3.24. The Morgan fingerprint density at radius 1 is 1.33 bits per heavy atom. The van der Waals surface area contributed by atoms with E-state index in [1.165, 1.54) is 11.1 Å². The molecule has 114 valence electrons. The standard InChI is InChI=1S/C16H24N4O/c1-5-8-18-15(13-7-9-17-10-12(13)6-2)16-14(21-4)11-19-20(16)3/h7,9-11,15,18H,5-6,8H2,1-4H3. The molecule has 1 atom stereocenters. The maximum absolute atomic E-state index is 5.48. The molecular formula is C16H24N4O. The minimum Gasteiger partial charge on any atom is -0.493 e. The van der Waals surface area contributed by atoms with Crippen molar-refractivity contribution in [2.24, 2.45) is 7.05 Å². The molecule has 0 bridgehead atoms. The maximum atomic E-state index is 5.48. The van der Waals surface area contributed by atoms with E-state index in [0.717, 1.165) is 30.8 Å². The molecule has 2 aromatic rings. The number of nitrogens with zero attached hydrogens (tertiary/aromatic N) is 3. The van der Waals surface area contributed by atoms with Gasteiger partial charge in [-0.15, -0.1) is 0 Å². The highest BCUT2D eigenvalue weighted by atomic mass is 16.5. The SMILES string of the molecule is CCCNC(c1ccncc1CC)c1c(OC)cnn1C. The average molecular weight is 288 g/mol. The highest BCUT2D eigenvalue weighted by Crippen LogP contribution is 2.31. The van der Waals surface area contributed by atoms with Gasteiger partial charge in [0.1, 0.15) is 5.69 Å².